The molecule has 2 aliphatic rings. The zero-order valence-corrected chi connectivity index (χ0v) is 45.3. The van der Waals surface area contributed by atoms with Crippen LogP contribution >= 0.6 is 0 Å². The van der Waals surface area contributed by atoms with Crippen molar-refractivity contribution in [2.24, 2.45) is 0 Å². The number of hydrogen-bond donors (Lipinski definition) is 0. The molecule has 3 aromatic heterocycles. The SMILES string of the molecule is O=C1c2ccccc2C2(c3ccccc31)c1ccccc1N(c1ccccc1)c1cc(-c3cccc(-n4c5ccccc5c5cc(-c6ccc7c(c6)c6ccccc6n7-c6nc(-c7ccccc7)nc(-c7ccccc7)n6)ccc54)c3)ccc12. The van der Waals surface area contributed by atoms with Gasteiger partial charge in [-0.25, -0.2) is 4.98 Å². The van der Waals surface area contributed by atoms with Gasteiger partial charge in [0.05, 0.1) is 38.9 Å². The molecule has 4 heterocycles. The second kappa shape index (κ2) is 18.6. The maximum absolute atomic E-state index is 14.4. The molecule has 84 heavy (non-hydrogen) atoms. The van der Waals surface area contributed by atoms with Gasteiger partial charge in [0.25, 0.3) is 0 Å². The second-order valence-corrected chi connectivity index (χ2v) is 21.8. The van der Waals surface area contributed by atoms with Gasteiger partial charge in [-0.15, -0.1) is 0 Å². The lowest BCUT2D eigenvalue weighted by Crippen LogP contribution is -2.42. The summed E-state index contributed by atoms with van der Waals surface area (Å²) in [5, 5.41) is 4.58. The molecule has 0 radical (unpaired) electrons. The monoisotopic (exact) mass is 1070 g/mol. The van der Waals surface area contributed by atoms with Crippen LogP contribution in [0, 0.1) is 0 Å². The first-order valence-electron chi connectivity index (χ1n) is 28.5. The van der Waals surface area contributed by atoms with Crippen LogP contribution in [-0.2, 0) is 5.41 Å². The summed E-state index contributed by atoms with van der Waals surface area (Å²) in [6.07, 6.45) is 0. The van der Waals surface area contributed by atoms with Crippen LogP contribution in [0.25, 0.3) is 100 Å². The summed E-state index contributed by atoms with van der Waals surface area (Å²) >= 11 is 0. The summed E-state index contributed by atoms with van der Waals surface area (Å²) in [5.41, 5.74) is 19.8. The number of anilines is 3. The number of hydrogen-bond acceptors (Lipinski definition) is 5. The molecule has 0 N–H and O–H groups in total. The van der Waals surface area contributed by atoms with Crippen LogP contribution in [0.2, 0.25) is 0 Å². The van der Waals surface area contributed by atoms with Gasteiger partial charge in [-0.1, -0.05) is 218 Å². The molecule has 15 aromatic rings. The third kappa shape index (κ3) is 7.06. The highest BCUT2D eigenvalue weighted by Crippen LogP contribution is 2.61. The van der Waals surface area contributed by atoms with E-state index in [2.05, 4.69) is 220 Å². The summed E-state index contributed by atoms with van der Waals surface area (Å²) in [4.78, 5) is 32.2. The molecule has 1 aliphatic heterocycles. The van der Waals surface area contributed by atoms with Gasteiger partial charge in [0, 0.05) is 55.2 Å². The molecule has 0 saturated carbocycles. The van der Waals surface area contributed by atoms with Crippen molar-refractivity contribution in [3.05, 3.63) is 325 Å². The van der Waals surface area contributed by atoms with Gasteiger partial charge in [0.1, 0.15) is 0 Å². The lowest BCUT2D eigenvalue weighted by Gasteiger charge is -2.49. The molecule has 17 rings (SSSR count). The van der Waals surface area contributed by atoms with E-state index in [0.29, 0.717) is 17.6 Å². The Balaban J connectivity index is 0.797. The van der Waals surface area contributed by atoms with Crippen molar-refractivity contribution in [1.29, 1.82) is 0 Å². The number of nitrogens with zero attached hydrogens (tertiary/aromatic N) is 6. The minimum atomic E-state index is -0.763. The Morgan fingerprint density at radius 2 is 0.726 bits per heavy atom. The summed E-state index contributed by atoms with van der Waals surface area (Å²) in [6.45, 7) is 0. The fraction of sp³-hybridized carbons (Fsp3) is 0.0130. The van der Waals surface area contributed by atoms with E-state index in [1.54, 1.807) is 0 Å². The van der Waals surface area contributed by atoms with Gasteiger partial charge in [0.15, 0.2) is 17.4 Å². The van der Waals surface area contributed by atoms with Crippen molar-refractivity contribution in [2.75, 3.05) is 4.90 Å². The largest absolute Gasteiger partial charge is 0.310 e. The Bertz CT molecular complexity index is 5070. The highest BCUT2D eigenvalue weighted by molar-refractivity contribution is 6.15. The molecule has 0 fully saturated rings. The van der Waals surface area contributed by atoms with E-state index in [1.807, 2.05) is 84.9 Å². The Morgan fingerprint density at radius 1 is 0.286 bits per heavy atom. The molecule has 0 amide bonds. The normalized spacial score (nSPS) is 13.1. The molecule has 0 bridgehead atoms. The molecule has 7 nitrogen and oxygen atoms in total. The predicted molar refractivity (Wildman–Crippen MR) is 340 cm³/mol. The van der Waals surface area contributed by atoms with Crippen LogP contribution in [0.1, 0.15) is 38.2 Å². The molecule has 1 aliphatic carbocycles. The summed E-state index contributed by atoms with van der Waals surface area (Å²) in [7, 11) is 0. The molecular formula is C77H48N6O. The number of carbonyl (C=O) groups excluding carboxylic acids is 1. The molecule has 0 unspecified atom stereocenters. The second-order valence-electron chi connectivity index (χ2n) is 21.8. The average Bonchev–Trinajstić information content (AvgIpc) is 0.949. The topological polar surface area (TPSA) is 68.8 Å². The first kappa shape index (κ1) is 47.5. The van der Waals surface area contributed by atoms with Crippen molar-refractivity contribution in [3.8, 4) is 56.7 Å². The highest BCUT2D eigenvalue weighted by Gasteiger charge is 2.51. The van der Waals surface area contributed by atoms with Crippen LogP contribution in [0.5, 0.6) is 0 Å². The first-order chi connectivity index (χ1) is 41.6. The molecule has 0 atom stereocenters. The van der Waals surface area contributed by atoms with E-state index >= 15 is 0 Å². The zero-order valence-electron chi connectivity index (χ0n) is 45.3. The molecule has 12 aromatic carbocycles. The molecule has 0 saturated heterocycles. The molecule has 7 heteroatoms. The lowest BCUT2D eigenvalue weighted by molar-refractivity contribution is 0.103. The van der Waals surface area contributed by atoms with E-state index in [0.717, 1.165) is 122 Å². The van der Waals surface area contributed by atoms with Crippen molar-refractivity contribution in [3.63, 3.8) is 0 Å². The van der Waals surface area contributed by atoms with Gasteiger partial charge in [-0.2, -0.15) is 9.97 Å². The van der Waals surface area contributed by atoms with Gasteiger partial charge in [-0.3, -0.25) is 9.36 Å². The minimum Gasteiger partial charge on any atom is -0.310 e. The Morgan fingerprint density at radius 3 is 1.36 bits per heavy atom. The minimum absolute atomic E-state index is 0.0569. The Labute approximate surface area is 484 Å². The first-order valence-corrected chi connectivity index (χ1v) is 28.5. The third-order valence-corrected chi connectivity index (χ3v) is 17.4. The number of aromatic nitrogens is 5. The summed E-state index contributed by atoms with van der Waals surface area (Å²) in [5.74, 6) is 1.86. The lowest BCUT2D eigenvalue weighted by atomic mass is 9.57. The fourth-order valence-corrected chi connectivity index (χ4v) is 13.7. The van der Waals surface area contributed by atoms with Gasteiger partial charge in [0.2, 0.25) is 5.95 Å². The number of ketones is 1. The zero-order chi connectivity index (χ0) is 55.5. The quantitative estimate of drug-likeness (QED) is 0.159. The summed E-state index contributed by atoms with van der Waals surface area (Å²) < 4.78 is 4.58. The summed E-state index contributed by atoms with van der Waals surface area (Å²) in [6, 6.07) is 103. The third-order valence-electron chi connectivity index (χ3n) is 17.4. The number of carbonyl (C=O) groups is 1. The van der Waals surface area contributed by atoms with Crippen LogP contribution in [0.15, 0.2) is 291 Å². The number of rotatable bonds is 7. The Kier molecular flexibility index (Phi) is 10.5. The standard InChI is InChI=1S/C77H48N6O/c84-73-59-31-10-14-33-63(59)77(64-34-15-11-32-60(64)73)65-35-16-19-38-71(65)81(55-26-8-3-9-27-55)72-48-54(39-42-66(72)77)51-25-20-28-56(45-51)82-67-36-17-12-29-57(67)61-46-52(40-43-69(61)82)53-41-44-70-62(47-53)58-30-13-18-37-68(58)83(70)76-79-74(49-21-4-1-5-22-49)78-75(80-76)50-23-6-2-7-24-50/h1-48H. The van der Waals surface area contributed by atoms with Crippen molar-refractivity contribution < 1.29 is 4.79 Å². The van der Waals surface area contributed by atoms with Crippen molar-refractivity contribution in [1.82, 2.24) is 24.1 Å². The van der Waals surface area contributed by atoms with E-state index in [1.165, 1.54) is 10.8 Å². The van der Waals surface area contributed by atoms with Gasteiger partial charge < -0.3 is 9.47 Å². The smallest absolute Gasteiger partial charge is 0.238 e. The molecular weight excluding hydrogens is 1020 g/mol. The van der Waals surface area contributed by atoms with E-state index in [4.69, 9.17) is 15.0 Å². The number of para-hydroxylation sites is 4. The van der Waals surface area contributed by atoms with Crippen LogP contribution in [0.4, 0.5) is 17.1 Å². The van der Waals surface area contributed by atoms with Crippen molar-refractivity contribution in [2.45, 2.75) is 5.41 Å². The Hall–Kier alpha value is -11.3. The predicted octanol–water partition coefficient (Wildman–Crippen LogP) is 18.4. The van der Waals surface area contributed by atoms with Crippen molar-refractivity contribution >= 4 is 66.5 Å². The number of fused-ring (bicyclic) bond motifs is 14. The maximum Gasteiger partial charge on any atom is 0.238 e. The number of benzene rings is 12. The van der Waals surface area contributed by atoms with Gasteiger partial charge >= 0.3 is 0 Å². The van der Waals surface area contributed by atoms with E-state index < -0.39 is 5.41 Å². The van der Waals surface area contributed by atoms with Crippen LogP contribution < -0.4 is 4.90 Å². The van der Waals surface area contributed by atoms with E-state index in [-0.39, 0.29) is 5.78 Å². The van der Waals surface area contributed by atoms with Crippen LogP contribution in [-0.4, -0.2) is 29.9 Å². The highest BCUT2D eigenvalue weighted by atomic mass is 16.1. The molecule has 392 valence electrons. The van der Waals surface area contributed by atoms with Gasteiger partial charge in [-0.05, 0) is 117 Å². The average molecular weight is 1070 g/mol. The van der Waals surface area contributed by atoms with Crippen LogP contribution in [0.3, 0.4) is 0 Å². The van der Waals surface area contributed by atoms with E-state index in [9.17, 15) is 4.79 Å². The molecule has 1 spiro atoms. The maximum atomic E-state index is 14.4. The fourth-order valence-electron chi connectivity index (χ4n) is 13.7.